The van der Waals surface area contributed by atoms with Gasteiger partial charge in [0.15, 0.2) is 0 Å². The Balaban J connectivity index is 1.64. The highest BCUT2D eigenvalue weighted by Gasteiger charge is 2.18. The van der Waals surface area contributed by atoms with Gasteiger partial charge in [-0.3, -0.25) is 0 Å². The van der Waals surface area contributed by atoms with Crippen molar-refractivity contribution in [3.8, 4) is 5.75 Å². The Morgan fingerprint density at radius 3 is 2.67 bits per heavy atom. The smallest absolute Gasteiger partial charge is 0.387 e. The Labute approximate surface area is 125 Å². The molecule has 0 spiro atoms. The molecule has 4 heteroatoms. The van der Waals surface area contributed by atoms with Gasteiger partial charge < -0.3 is 10.1 Å². The van der Waals surface area contributed by atoms with Crippen molar-refractivity contribution in [2.24, 2.45) is 11.8 Å². The molecule has 0 bridgehead atoms. The highest BCUT2D eigenvalue weighted by molar-refractivity contribution is 5.27. The van der Waals surface area contributed by atoms with Gasteiger partial charge in [-0.25, -0.2) is 0 Å². The van der Waals surface area contributed by atoms with Crippen molar-refractivity contribution < 1.29 is 13.5 Å². The second kappa shape index (κ2) is 8.32. The van der Waals surface area contributed by atoms with Crippen LogP contribution in [0.5, 0.6) is 5.75 Å². The van der Waals surface area contributed by atoms with Crippen LogP contribution < -0.4 is 10.1 Å². The summed E-state index contributed by atoms with van der Waals surface area (Å²) in [6.07, 6.45) is 6.72. The van der Waals surface area contributed by atoms with E-state index in [1.165, 1.54) is 32.1 Å². The van der Waals surface area contributed by atoms with E-state index in [1.807, 2.05) is 12.1 Å². The van der Waals surface area contributed by atoms with Crippen LogP contribution in [0.15, 0.2) is 24.3 Å². The predicted octanol–water partition coefficient (Wildman–Crippen LogP) is 4.59. The van der Waals surface area contributed by atoms with E-state index in [0.717, 1.165) is 30.5 Å². The number of nitrogens with one attached hydrogen (secondary N) is 1. The van der Waals surface area contributed by atoms with Gasteiger partial charge in [0, 0.05) is 6.54 Å². The van der Waals surface area contributed by atoms with Crippen LogP contribution in [0.25, 0.3) is 0 Å². The highest BCUT2D eigenvalue weighted by Crippen LogP contribution is 2.30. The lowest BCUT2D eigenvalue weighted by molar-refractivity contribution is -0.0498. The summed E-state index contributed by atoms with van der Waals surface area (Å²) >= 11 is 0. The number of hydrogen-bond donors (Lipinski definition) is 1. The fraction of sp³-hybridized carbons (Fsp3) is 0.647. The maximum atomic E-state index is 12.0. The van der Waals surface area contributed by atoms with Crippen molar-refractivity contribution in [1.82, 2.24) is 5.32 Å². The molecule has 21 heavy (non-hydrogen) atoms. The minimum absolute atomic E-state index is 0.213. The molecule has 0 aliphatic heterocycles. The molecular formula is C17H25F2NO. The Morgan fingerprint density at radius 2 is 2.00 bits per heavy atom. The zero-order valence-electron chi connectivity index (χ0n) is 12.7. The van der Waals surface area contributed by atoms with E-state index in [1.54, 1.807) is 12.1 Å². The van der Waals surface area contributed by atoms with Crippen LogP contribution in [-0.4, -0.2) is 13.2 Å². The highest BCUT2D eigenvalue weighted by atomic mass is 19.3. The second-order valence-electron chi connectivity index (χ2n) is 6.13. The van der Waals surface area contributed by atoms with Crippen LogP contribution in [0.1, 0.15) is 44.6 Å². The Bertz CT molecular complexity index is 408. The summed E-state index contributed by atoms with van der Waals surface area (Å²) in [6.45, 7) is 1.39. The second-order valence-corrected chi connectivity index (χ2v) is 6.13. The number of ether oxygens (including phenoxy) is 1. The first-order valence-electron chi connectivity index (χ1n) is 7.88. The average molecular weight is 297 g/mol. The average Bonchev–Trinajstić information content (AvgIpc) is 2.45. The number of benzene rings is 1. The Morgan fingerprint density at radius 1 is 1.24 bits per heavy atom. The van der Waals surface area contributed by atoms with Crippen LogP contribution in [-0.2, 0) is 6.54 Å². The molecular weight excluding hydrogens is 272 g/mol. The molecule has 0 heterocycles. The van der Waals surface area contributed by atoms with E-state index < -0.39 is 6.61 Å². The molecule has 2 rings (SSSR count). The van der Waals surface area contributed by atoms with Gasteiger partial charge in [0.25, 0.3) is 0 Å². The van der Waals surface area contributed by atoms with Gasteiger partial charge in [-0.05, 0) is 48.9 Å². The van der Waals surface area contributed by atoms with Gasteiger partial charge in [0.2, 0.25) is 0 Å². The van der Waals surface area contributed by atoms with Crippen molar-refractivity contribution in [1.29, 1.82) is 0 Å². The molecule has 2 atom stereocenters. The summed E-state index contributed by atoms with van der Waals surface area (Å²) in [7, 11) is 0. The predicted molar refractivity (Wildman–Crippen MR) is 80.5 cm³/mol. The van der Waals surface area contributed by atoms with E-state index in [9.17, 15) is 8.78 Å². The zero-order valence-corrected chi connectivity index (χ0v) is 12.7. The lowest BCUT2D eigenvalue weighted by Gasteiger charge is -2.26. The summed E-state index contributed by atoms with van der Waals surface area (Å²) in [4.78, 5) is 0. The van der Waals surface area contributed by atoms with Gasteiger partial charge in [-0.1, -0.05) is 38.3 Å². The first-order valence-corrected chi connectivity index (χ1v) is 7.88. The normalized spacial score (nSPS) is 22.5. The summed E-state index contributed by atoms with van der Waals surface area (Å²) in [5, 5.41) is 3.44. The molecule has 1 aromatic rings. The van der Waals surface area contributed by atoms with Crippen molar-refractivity contribution in [3.63, 3.8) is 0 Å². The lowest BCUT2D eigenvalue weighted by Crippen LogP contribution is -2.21. The topological polar surface area (TPSA) is 21.3 Å². The van der Waals surface area contributed by atoms with E-state index in [0.29, 0.717) is 0 Å². The molecule has 1 saturated carbocycles. The van der Waals surface area contributed by atoms with Crippen molar-refractivity contribution >= 4 is 0 Å². The summed E-state index contributed by atoms with van der Waals surface area (Å²) < 4.78 is 28.4. The summed E-state index contributed by atoms with van der Waals surface area (Å²) in [6, 6.07) is 6.83. The third kappa shape index (κ3) is 6.00. The molecule has 1 fully saturated rings. The van der Waals surface area contributed by atoms with Gasteiger partial charge in [0.1, 0.15) is 5.75 Å². The lowest BCUT2D eigenvalue weighted by atomic mass is 9.81. The number of halogens is 2. The van der Waals surface area contributed by atoms with Gasteiger partial charge in [0.05, 0.1) is 0 Å². The quantitative estimate of drug-likeness (QED) is 0.743. The molecule has 0 amide bonds. The molecule has 1 aliphatic carbocycles. The van der Waals surface area contributed by atoms with Crippen LogP contribution >= 0.6 is 0 Å². The maximum absolute atomic E-state index is 12.0. The van der Waals surface area contributed by atoms with Gasteiger partial charge >= 0.3 is 6.61 Å². The number of alkyl halides is 2. The van der Waals surface area contributed by atoms with E-state index in [4.69, 9.17) is 0 Å². The monoisotopic (exact) mass is 297 g/mol. The zero-order chi connectivity index (χ0) is 15.1. The van der Waals surface area contributed by atoms with E-state index >= 15 is 0 Å². The minimum atomic E-state index is -2.76. The fourth-order valence-electron chi connectivity index (χ4n) is 3.15. The molecule has 1 N–H and O–H groups in total. The number of hydrogen-bond acceptors (Lipinski definition) is 2. The molecule has 1 aromatic carbocycles. The van der Waals surface area contributed by atoms with E-state index in [-0.39, 0.29) is 5.75 Å². The van der Waals surface area contributed by atoms with Crippen LogP contribution in [0, 0.1) is 11.8 Å². The van der Waals surface area contributed by atoms with E-state index in [2.05, 4.69) is 17.0 Å². The third-order valence-corrected chi connectivity index (χ3v) is 4.25. The van der Waals surface area contributed by atoms with Crippen molar-refractivity contribution in [2.45, 2.75) is 52.2 Å². The largest absolute Gasteiger partial charge is 0.435 e. The van der Waals surface area contributed by atoms with Gasteiger partial charge in [-0.15, -0.1) is 0 Å². The first-order chi connectivity index (χ1) is 10.1. The summed E-state index contributed by atoms with van der Waals surface area (Å²) in [5.74, 6) is 1.96. The molecule has 2 unspecified atom stereocenters. The Hall–Kier alpha value is -1.16. The molecule has 0 aromatic heterocycles. The number of rotatable bonds is 7. The summed E-state index contributed by atoms with van der Waals surface area (Å²) in [5.41, 5.74) is 1.09. The third-order valence-electron chi connectivity index (χ3n) is 4.25. The van der Waals surface area contributed by atoms with Crippen molar-refractivity contribution in [2.75, 3.05) is 6.54 Å². The Kier molecular flexibility index (Phi) is 6.43. The fourth-order valence-corrected chi connectivity index (χ4v) is 3.15. The molecule has 118 valence electrons. The van der Waals surface area contributed by atoms with Crippen LogP contribution in [0.2, 0.25) is 0 Å². The maximum Gasteiger partial charge on any atom is 0.387 e. The van der Waals surface area contributed by atoms with Crippen LogP contribution in [0.3, 0.4) is 0 Å². The molecule has 0 saturated heterocycles. The van der Waals surface area contributed by atoms with Crippen molar-refractivity contribution in [3.05, 3.63) is 29.8 Å². The molecule has 0 radical (unpaired) electrons. The van der Waals surface area contributed by atoms with Gasteiger partial charge in [-0.2, -0.15) is 8.78 Å². The minimum Gasteiger partial charge on any atom is -0.435 e. The molecule has 2 nitrogen and oxygen atoms in total. The molecule has 1 aliphatic rings. The first kappa shape index (κ1) is 16.2. The van der Waals surface area contributed by atoms with Crippen LogP contribution in [0.4, 0.5) is 8.78 Å². The SMILES string of the molecule is CC1CCCC(CCNCc2ccc(OC(F)F)cc2)C1. The standard InChI is InChI=1S/C17H25F2NO/c1-13-3-2-4-14(11-13)9-10-20-12-15-5-7-16(8-6-15)21-17(18)19/h5-8,13-14,17,20H,2-4,9-12H2,1H3.